The maximum atomic E-state index is 12.3. The normalized spacial score (nSPS) is 10.8. The molecule has 0 aliphatic carbocycles. The van der Waals surface area contributed by atoms with Crippen molar-refractivity contribution in [1.82, 2.24) is 9.71 Å². The number of benzene rings is 1. The van der Waals surface area contributed by atoms with Crippen molar-refractivity contribution in [2.24, 2.45) is 0 Å². The van der Waals surface area contributed by atoms with Gasteiger partial charge in [-0.05, 0) is 18.6 Å². The van der Waals surface area contributed by atoms with Crippen LogP contribution < -0.4 is 5.56 Å². The highest BCUT2D eigenvalue weighted by atomic mass is 16.5. The topological polar surface area (TPSA) is 92.4 Å². The first kappa shape index (κ1) is 13.8. The first-order valence-corrected chi connectivity index (χ1v) is 6.54. The number of rotatable bonds is 2. The van der Waals surface area contributed by atoms with Gasteiger partial charge in [0.1, 0.15) is 5.75 Å². The van der Waals surface area contributed by atoms with Gasteiger partial charge in [0, 0.05) is 11.8 Å². The van der Waals surface area contributed by atoms with Crippen LogP contribution in [-0.2, 0) is 0 Å². The second kappa shape index (κ2) is 5.00. The molecule has 1 aromatic carbocycles. The molecule has 2 heterocycles. The van der Waals surface area contributed by atoms with E-state index in [9.17, 15) is 19.9 Å². The third-order valence-corrected chi connectivity index (χ3v) is 3.43. The summed E-state index contributed by atoms with van der Waals surface area (Å²) >= 11 is 0. The fourth-order valence-electron chi connectivity index (χ4n) is 2.30. The molecule has 0 fully saturated rings. The van der Waals surface area contributed by atoms with Gasteiger partial charge in [0.2, 0.25) is 0 Å². The summed E-state index contributed by atoms with van der Waals surface area (Å²) < 4.78 is 0.376. The number of aromatic hydroxyl groups is 1. The fourth-order valence-corrected chi connectivity index (χ4v) is 2.30. The van der Waals surface area contributed by atoms with Crippen molar-refractivity contribution >= 4 is 16.8 Å². The van der Waals surface area contributed by atoms with Crippen LogP contribution in [0.1, 0.15) is 17.3 Å². The van der Waals surface area contributed by atoms with Crippen LogP contribution in [-0.4, -0.2) is 25.8 Å². The van der Waals surface area contributed by atoms with Crippen LogP contribution in [0.5, 0.6) is 5.75 Å². The average Bonchev–Trinajstić information content (AvgIpc) is 2.53. The molecular weight excluding hydrogens is 284 g/mol. The molecule has 0 atom stereocenters. The van der Waals surface area contributed by atoms with Gasteiger partial charge in [-0.2, -0.15) is 0 Å². The standard InChI is InChI=1S/C16H12N2O4/c1-9(19)11-7-12-14(20)13(10-5-3-2-4-6-10)16(21)18(22)15(12)17-8-11/h2-8,20,22H,1H3. The van der Waals surface area contributed by atoms with Gasteiger partial charge in [0.05, 0.1) is 10.9 Å². The maximum Gasteiger partial charge on any atom is 0.296 e. The predicted octanol–water partition coefficient (Wildman–Crippen LogP) is 2.21. The van der Waals surface area contributed by atoms with Gasteiger partial charge >= 0.3 is 0 Å². The van der Waals surface area contributed by atoms with Crippen LogP contribution in [0, 0.1) is 0 Å². The maximum absolute atomic E-state index is 12.3. The zero-order chi connectivity index (χ0) is 15.9. The van der Waals surface area contributed by atoms with E-state index in [1.54, 1.807) is 30.3 Å². The van der Waals surface area contributed by atoms with Crippen molar-refractivity contribution in [3.63, 3.8) is 0 Å². The summed E-state index contributed by atoms with van der Waals surface area (Å²) in [6, 6.07) is 9.89. The van der Waals surface area contributed by atoms with E-state index in [-0.39, 0.29) is 33.7 Å². The van der Waals surface area contributed by atoms with E-state index in [1.807, 2.05) is 0 Å². The average molecular weight is 296 g/mol. The SMILES string of the molecule is CC(=O)c1cnc2c(c1)c(O)c(-c1ccccc1)c(=O)n2O. The third kappa shape index (κ3) is 2.01. The van der Waals surface area contributed by atoms with E-state index in [2.05, 4.69) is 4.98 Å². The molecule has 0 aliphatic rings. The highest BCUT2D eigenvalue weighted by Crippen LogP contribution is 2.32. The minimum Gasteiger partial charge on any atom is -0.506 e. The smallest absolute Gasteiger partial charge is 0.296 e. The number of ketones is 1. The van der Waals surface area contributed by atoms with Gasteiger partial charge in [0.25, 0.3) is 5.56 Å². The summed E-state index contributed by atoms with van der Waals surface area (Å²) in [4.78, 5) is 27.6. The number of aromatic nitrogens is 2. The summed E-state index contributed by atoms with van der Waals surface area (Å²) in [5, 5.41) is 20.6. The summed E-state index contributed by atoms with van der Waals surface area (Å²) in [7, 11) is 0. The third-order valence-electron chi connectivity index (χ3n) is 3.43. The van der Waals surface area contributed by atoms with Gasteiger partial charge in [0.15, 0.2) is 11.4 Å². The van der Waals surface area contributed by atoms with Crippen LogP contribution in [0.15, 0.2) is 47.4 Å². The Morgan fingerprint density at radius 2 is 1.91 bits per heavy atom. The van der Waals surface area contributed by atoms with Crippen molar-refractivity contribution < 1.29 is 15.1 Å². The van der Waals surface area contributed by atoms with Crippen molar-refractivity contribution in [2.45, 2.75) is 6.92 Å². The number of fused-ring (bicyclic) bond motifs is 1. The molecule has 3 aromatic rings. The lowest BCUT2D eigenvalue weighted by molar-refractivity contribution is 0.101. The first-order valence-electron chi connectivity index (χ1n) is 6.54. The molecule has 0 bridgehead atoms. The zero-order valence-electron chi connectivity index (χ0n) is 11.6. The van der Waals surface area contributed by atoms with Crippen molar-refractivity contribution in [3.8, 4) is 16.9 Å². The number of carbonyl (C=O) groups excluding carboxylic acids is 1. The Morgan fingerprint density at radius 3 is 2.55 bits per heavy atom. The van der Waals surface area contributed by atoms with E-state index in [1.165, 1.54) is 19.2 Å². The molecule has 3 rings (SSSR count). The minimum absolute atomic E-state index is 0.0434. The number of hydrogen-bond acceptors (Lipinski definition) is 5. The molecule has 6 nitrogen and oxygen atoms in total. The van der Waals surface area contributed by atoms with Crippen LogP contribution in [0.2, 0.25) is 0 Å². The second-order valence-electron chi connectivity index (χ2n) is 4.86. The molecule has 0 saturated heterocycles. The van der Waals surface area contributed by atoms with Gasteiger partial charge in [-0.3, -0.25) is 9.59 Å². The Bertz CT molecular complexity index is 946. The van der Waals surface area contributed by atoms with Crippen LogP contribution in [0.25, 0.3) is 22.2 Å². The van der Waals surface area contributed by atoms with E-state index in [4.69, 9.17) is 0 Å². The molecule has 0 unspecified atom stereocenters. The lowest BCUT2D eigenvalue weighted by atomic mass is 10.0. The van der Waals surface area contributed by atoms with E-state index < -0.39 is 5.56 Å². The predicted molar refractivity (Wildman–Crippen MR) is 80.3 cm³/mol. The number of hydrogen-bond donors (Lipinski definition) is 2. The van der Waals surface area contributed by atoms with Crippen molar-refractivity contribution in [1.29, 1.82) is 0 Å². The Balaban J connectivity index is 2.44. The molecule has 6 heteroatoms. The monoisotopic (exact) mass is 296 g/mol. The molecule has 0 saturated carbocycles. The molecule has 0 radical (unpaired) electrons. The molecule has 2 N–H and O–H groups in total. The fraction of sp³-hybridized carbons (Fsp3) is 0.0625. The van der Waals surface area contributed by atoms with E-state index in [0.29, 0.717) is 10.3 Å². The van der Waals surface area contributed by atoms with Crippen LogP contribution in [0.4, 0.5) is 0 Å². The van der Waals surface area contributed by atoms with Crippen LogP contribution in [0.3, 0.4) is 0 Å². The molecule has 2 aromatic heterocycles. The summed E-state index contributed by atoms with van der Waals surface area (Å²) in [5.74, 6) is -0.544. The van der Waals surface area contributed by atoms with Gasteiger partial charge in [-0.25, -0.2) is 4.98 Å². The summed E-state index contributed by atoms with van der Waals surface area (Å²) in [5.41, 5.74) is -0.187. The molecule has 0 spiro atoms. The summed E-state index contributed by atoms with van der Waals surface area (Å²) in [6.45, 7) is 1.37. The zero-order valence-corrected chi connectivity index (χ0v) is 11.6. The van der Waals surface area contributed by atoms with Gasteiger partial charge in [-0.1, -0.05) is 30.3 Å². The van der Waals surface area contributed by atoms with Gasteiger partial charge < -0.3 is 10.3 Å². The Morgan fingerprint density at radius 1 is 1.23 bits per heavy atom. The highest BCUT2D eigenvalue weighted by molar-refractivity contribution is 5.99. The number of pyridine rings is 2. The molecule has 110 valence electrons. The number of carbonyl (C=O) groups is 1. The second-order valence-corrected chi connectivity index (χ2v) is 4.86. The van der Waals surface area contributed by atoms with Crippen molar-refractivity contribution in [2.75, 3.05) is 0 Å². The quantitative estimate of drug-likeness (QED) is 0.558. The van der Waals surface area contributed by atoms with E-state index >= 15 is 0 Å². The molecule has 22 heavy (non-hydrogen) atoms. The molecule has 0 amide bonds. The number of Topliss-reactive ketones (excluding diaryl/α,β-unsaturated/α-hetero) is 1. The minimum atomic E-state index is -0.778. The summed E-state index contributed by atoms with van der Waals surface area (Å²) in [6.07, 6.45) is 1.25. The van der Waals surface area contributed by atoms with Crippen molar-refractivity contribution in [3.05, 3.63) is 58.5 Å². The Kier molecular flexibility index (Phi) is 3.14. The molecule has 0 aliphatic heterocycles. The van der Waals surface area contributed by atoms with Gasteiger partial charge in [-0.15, -0.1) is 4.73 Å². The number of nitrogens with zero attached hydrogens (tertiary/aromatic N) is 2. The largest absolute Gasteiger partial charge is 0.506 e. The molecular formula is C16H12N2O4. The lowest BCUT2D eigenvalue weighted by Gasteiger charge is -2.10. The van der Waals surface area contributed by atoms with E-state index in [0.717, 1.165) is 0 Å². The Hall–Kier alpha value is -3.15. The lowest BCUT2D eigenvalue weighted by Crippen LogP contribution is -2.21. The Labute approximate surface area is 124 Å². The highest BCUT2D eigenvalue weighted by Gasteiger charge is 2.19. The van der Waals surface area contributed by atoms with Crippen LogP contribution >= 0.6 is 0 Å². The first-order chi connectivity index (χ1) is 10.5.